The minimum atomic E-state index is -0.469. The summed E-state index contributed by atoms with van der Waals surface area (Å²) in [5, 5.41) is 0. The van der Waals surface area contributed by atoms with Gasteiger partial charge in [0.25, 0.3) is 5.79 Å². The molecule has 1 saturated carbocycles. The highest BCUT2D eigenvalue weighted by atomic mass is 16.7. The van der Waals surface area contributed by atoms with Crippen LogP contribution in [-0.2, 0) is 0 Å². The van der Waals surface area contributed by atoms with Crippen LogP contribution in [-0.4, -0.2) is 5.79 Å². The van der Waals surface area contributed by atoms with Crippen molar-refractivity contribution in [3.8, 4) is 11.5 Å². The quantitative estimate of drug-likeness (QED) is 0.678. The number of fused-ring (bicyclic) bond motifs is 1. The van der Waals surface area contributed by atoms with Crippen molar-refractivity contribution in [2.45, 2.75) is 72.5 Å². The molecule has 2 aliphatic rings. The zero-order valence-electron chi connectivity index (χ0n) is 14.2. The largest absolute Gasteiger partial charge is 0.448 e. The fourth-order valence-corrected chi connectivity index (χ4v) is 4.56. The van der Waals surface area contributed by atoms with Crippen LogP contribution in [0.3, 0.4) is 0 Å². The number of hydrogen-bond donors (Lipinski definition) is 0. The Hall–Kier alpha value is -1.18. The molecule has 0 bridgehead atoms. The Labute approximate surface area is 128 Å². The molecule has 0 saturated heterocycles. The minimum Gasteiger partial charge on any atom is -0.448 e. The molecule has 0 N–H and O–H groups in total. The fourth-order valence-electron chi connectivity index (χ4n) is 4.56. The molecule has 1 aromatic carbocycles. The van der Waals surface area contributed by atoms with Crippen molar-refractivity contribution in [2.24, 2.45) is 10.8 Å². The van der Waals surface area contributed by atoms with E-state index in [4.69, 9.17) is 9.47 Å². The third-order valence-corrected chi connectivity index (χ3v) is 4.68. The van der Waals surface area contributed by atoms with Crippen molar-refractivity contribution < 1.29 is 9.47 Å². The van der Waals surface area contributed by atoms with Crippen LogP contribution in [0.15, 0.2) is 18.2 Å². The molecule has 0 aromatic heterocycles. The Morgan fingerprint density at radius 1 is 0.857 bits per heavy atom. The summed E-state index contributed by atoms with van der Waals surface area (Å²) in [5.41, 5.74) is 1.79. The molecule has 1 heterocycles. The van der Waals surface area contributed by atoms with Crippen molar-refractivity contribution in [3.05, 3.63) is 23.8 Å². The molecule has 3 rings (SSSR count). The average molecular weight is 288 g/mol. The summed E-state index contributed by atoms with van der Waals surface area (Å²) in [6, 6.07) is 6.39. The van der Waals surface area contributed by atoms with Gasteiger partial charge in [0.1, 0.15) is 0 Å². The van der Waals surface area contributed by atoms with Gasteiger partial charge in [-0.2, -0.15) is 0 Å². The molecule has 1 aliphatic heterocycles. The summed E-state index contributed by atoms with van der Waals surface area (Å²) in [5.74, 6) is 1.88. The molecule has 21 heavy (non-hydrogen) atoms. The fraction of sp³-hybridized carbons (Fsp3) is 0.684. The summed E-state index contributed by atoms with van der Waals surface area (Å²) >= 11 is 0. The second kappa shape index (κ2) is 4.41. The van der Waals surface area contributed by atoms with Crippen LogP contribution >= 0.6 is 0 Å². The molecular weight excluding hydrogens is 260 g/mol. The second-order valence-corrected chi connectivity index (χ2v) is 8.83. The summed E-state index contributed by atoms with van der Waals surface area (Å²) in [7, 11) is 0. The van der Waals surface area contributed by atoms with Gasteiger partial charge in [-0.25, -0.2) is 0 Å². The second-order valence-electron chi connectivity index (χ2n) is 8.83. The van der Waals surface area contributed by atoms with E-state index in [1.807, 2.05) is 0 Å². The highest BCUT2D eigenvalue weighted by Crippen LogP contribution is 2.55. The molecule has 0 atom stereocenters. The van der Waals surface area contributed by atoms with Crippen LogP contribution in [0.4, 0.5) is 0 Å². The number of ether oxygens (including phenoxy) is 2. The van der Waals surface area contributed by atoms with E-state index < -0.39 is 5.79 Å². The van der Waals surface area contributed by atoms with Crippen LogP contribution in [0, 0.1) is 10.8 Å². The highest BCUT2D eigenvalue weighted by Gasteiger charge is 2.53. The van der Waals surface area contributed by atoms with E-state index in [9.17, 15) is 0 Å². The van der Waals surface area contributed by atoms with Crippen molar-refractivity contribution >= 4 is 0 Å². The predicted octanol–water partition coefficient (Wildman–Crippen LogP) is 5.51. The van der Waals surface area contributed by atoms with Gasteiger partial charge in [-0.1, -0.05) is 47.6 Å². The van der Waals surface area contributed by atoms with E-state index >= 15 is 0 Å². The Balaban J connectivity index is 1.92. The first-order chi connectivity index (χ1) is 9.60. The molecular formula is C19H28O2. The van der Waals surface area contributed by atoms with Gasteiger partial charge in [0, 0.05) is 12.8 Å². The Kier molecular flexibility index (Phi) is 3.10. The van der Waals surface area contributed by atoms with Gasteiger partial charge in [-0.05, 0) is 40.9 Å². The number of benzene rings is 1. The van der Waals surface area contributed by atoms with Gasteiger partial charge in [0.05, 0.1) is 0 Å². The van der Waals surface area contributed by atoms with E-state index in [1.165, 1.54) is 12.0 Å². The number of hydrogen-bond acceptors (Lipinski definition) is 2. The molecule has 0 amide bonds. The first kappa shape index (κ1) is 14.7. The van der Waals surface area contributed by atoms with Gasteiger partial charge in [0.2, 0.25) is 0 Å². The molecule has 1 aromatic rings. The summed E-state index contributed by atoms with van der Waals surface area (Å²) in [4.78, 5) is 0. The third-order valence-electron chi connectivity index (χ3n) is 4.68. The van der Waals surface area contributed by atoms with Gasteiger partial charge in [0.15, 0.2) is 11.5 Å². The van der Waals surface area contributed by atoms with Crippen molar-refractivity contribution in [3.63, 3.8) is 0 Å². The first-order valence-corrected chi connectivity index (χ1v) is 8.12. The van der Waals surface area contributed by atoms with Crippen molar-refractivity contribution in [1.82, 2.24) is 0 Å². The molecule has 0 unspecified atom stereocenters. The van der Waals surface area contributed by atoms with Crippen LogP contribution in [0.2, 0.25) is 0 Å². The highest BCUT2D eigenvalue weighted by molar-refractivity contribution is 5.46. The molecule has 2 heteroatoms. The van der Waals surface area contributed by atoms with Crippen molar-refractivity contribution in [1.29, 1.82) is 0 Å². The van der Waals surface area contributed by atoms with Crippen LogP contribution in [0.1, 0.15) is 72.3 Å². The SMILES string of the molecule is CC(C)c1ccc2c(c1)OC1(CC(C)(C)CC(C)(C)C1)O2. The van der Waals surface area contributed by atoms with Gasteiger partial charge >= 0.3 is 0 Å². The summed E-state index contributed by atoms with van der Waals surface area (Å²) in [6.07, 6.45) is 3.12. The zero-order chi connectivity index (χ0) is 15.5. The minimum absolute atomic E-state index is 0.241. The lowest BCUT2D eigenvalue weighted by atomic mass is 9.63. The van der Waals surface area contributed by atoms with Crippen LogP contribution in [0.25, 0.3) is 0 Å². The van der Waals surface area contributed by atoms with Gasteiger partial charge in [-0.3, -0.25) is 0 Å². The standard InChI is InChI=1S/C19H28O2/c1-13(2)14-7-8-15-16(9-14)21-19(20-15)11-17(3,4)10-18(5,6)12-19/h7-9,13H,10-12H2,1-6H3. The van der Waals surface area contributed by atoms with Crippen LogP contribution in [0.5, 0.6) is 11.5 Å². The van der Waals surface area contributed by atoms with Gasteiger partial charge < -0.3 is 9.47 Å². The molecule has 1 fully saturated rings. The number of rotatable bonds is 1. The normalized spacial score (nSPS) is 24.5. The molecule has 2 nitrogen and oxygen atoms in total. The van der Waals surface area contributed by atoms with E-state index in [2.05, 4.69) is 59.7 Å². The molecule has 116 valence electrons. The lowest BCUT2D eigenvalue weighted by Crippen LogP contribution is -2.51. The van der Waals surface area contributed by atoms with E-state index in [0.29, 0.717) is 5.92 Å². The van der Waals surface area contributed by atoms with E-state index in [0.717, 1.165) is 24.3 Å². The van der Waals surface area contributed by atoms with E-state index in [-0.39, 0.29) is 10.8 Å². The van der Waals surface area contributed by atoms with Crippen LogP contribution < -0.4 is 9.47 Å². The maximum Gasteiger partial charge on any atom is 0.252 e. The maximum atomic E-state index is 6.38. The Morgan fingerprint density at radius 2 is 1.43 bits per heavy atom. The lowest BCUT2D eigenvalue weighted by Gasteiger charge is -2.48. The zero-order valence-corrected chi connectivity index (χ0v) is 14.2. The first-order valence-electron chi connectivity index (χ1n) is 8.12. The molecule has 1 aliphatic carbocycles. The summed E-state index contributed by atoms with van der Waals surface area (Å²) < 4.78 is 12.7. The summed E-state index contributed by atoms with van der Waals surface area (Å²) in [6.45, 7) is 13.7. The van der Waals surface area contributed by atoms with Gasteiger partial charge in [-0.15, -0.1) is 0 Å². The predicted molar refractivity (Wildman–Crippen MR) is 85.9 cm³/mol. The molecule has 0 radical (unpaired) electrons. The van der Waals surface area contributed by atoms with Crippen molar-refractivity contribution in [2.75, 3.05) is 0 Å². The topological polar surface area (TPSA) is 18.5 Å². The van der Waals surface area contributed by atoms with E-state index in [1.54, 1.807) is 0 Å². The lowest BCUT2D eigenvalue weighted by molar-refractivity contribution is -0.165. The third kappa shape index (κ3) is 2.77. The monoisotopic (exact) mass is 288 g/mol. The molecule has 1 spiro atoms. The smallest absolute Gasteiger partial charge is 0.252 e. The average Bonchev–Trinajstić information content (AvgIpc) is 2.58. The Morgan fingerprint density at radius 3 is 2.00 bits per heavy atom. The Bertz CT molecular complexity index is 539. The maximum absolute atomic E-state index is 6.38.